The van der Waals surface area contributed by atoms with Gasteiger partial charge in [0.2, 0.25) is 5.91 Å². The molecule has 3 aromatic rings. The predicted octanol–water partition coefficient (Wildman–Crippen LogP) is 5.04. The maximum atomic E-state index is 13.2. The third-order valence-electron chi connectivity index (χ3n) is 9.00. The van der Waals surface area contributed by atoms with Gasteiger partial charge < -0.3 is 25.0 Å². The summed E-state index contributed by atoms with van der Waals surface area (Å²) in [5, 5.41) is 5.99. The first-order valence-electron chi connectivity index (χ1n) is 15.6. The maximum Gasteiger partial charge on any atom is 0.408 e. The van der Waals surface area contributed by atoms with Crippen LogP contribution in [0.25, 0.3) is 0 Å². The molecule has 1 aliphatic carbocycles. The number of amides is 2. The van der Waals surface area contributed by atoms with E-state index < -0.39 is 18.1 Å². The standard InChI is InChI=1S/C35H40N4O5/c40-31(39-23-35(24-39)19-27(20-35)13-15-29-16-14-28-12-7-17-36-32(28)37-29)18-30(33(41)43-21-25-8-3-1-4-9-25)38-34(42)44-22-26-10-5-2-6-11-26/h1-6,8-11,14,16,27,30H,7,12-13,15,17-24H2,(H,36,37)(H,38,42)/t30-/m0/s1. The van der Waals surface area contributed by atoms with Gasteiger partial charge in [-0.3, -0.25) is 4.79 Å². The largest absolute Gasteiger partial charge is 0.459 e. The van der Waals surface area contributed by atoms with Crippen LogP contribution < -0.4 is 10.6 Å². The first-order chi connectivity index (χ1) is 21.4. The number of hydrogen-bond acceptors (Lipinski definition) is 7. The summed E-state index contributed by atoms with van der Waals surface area (Å²) >= 11 is 0. The van der Waals surface area contributed by atoms with E-state index in [1.165, 1.54) is 5.56 Å². The topological polar surface area (TPSA) is 110 Å². The van der Waals surface area contributed by atoms with Crippen molar-refractivity contribution < 1.29 is 23.9 Å². The number of aromatic nitrogens is 1. The summed E-state index contributed by atoms with van der Waals surface area (Å²) < 4.78 is 10.8. The molecule has 2 fully saturated rings. The summed E-state index contributed by atoms with van der Waals surface area (Å²) in [6.45, 7) is 2.48. The molecule has 1 spiro atoms. The molecule has 2 N–H and O–H groups in total. The van der Waals surface area contributed by atoms with Crippen molar-refractivity contribution in [1.82, 2.24) is 15.2 Å². The second-order valence-corrected chi connectivity index (χ2v) is 12.5. The van der Waals surface area contributed by atoms with Crippen LogP contribution >= 0.6 is 0 Å². The van der Waals surface area contributed by atoms with Crippen molar-refractivity contribution in [2.75, 3.05) is 25.0 Å². The summed E-state index contributed by atoms with van der Waals surface area (Å²) in [5.74, 6) is 0.853. The zero-order chi connectivity index (χ0) is 30.4. The van der Waals surface area contributed by atoms with E-state index >= 15 is 0 Å². The molecule has 230 valence electrons. The van der Waals surface area contributed by atoms with E-state index in [-0.39, 0.29) is 31.0 Å². The van der Waals surface area contributed by atoms with Crippen LogP contribution in [0.15, 0.2) is 72.8 Å². The Labute approximate surface area is 258 Å². The first-order valence-corrected chi connectivity index (χ1v) is 15.6. The molecule has 0 unspecified atom stereocenters. The Hall–Kier alpha value is -4.40. The number of benzene rings is 2. The Balaban J connectivity index is 0.972. The molecular formula is C35H40N4O5. The molecule has 0 radical (unpaired) electrons. The van der Waals surface area contributed by atoms with Crippen LogP contribution in [0.5, 0.6) is 0 Å². The lowest BCUT2D eigenvalue weighted by molar-refractivity contribution is -0.159. The van der Waals surface area contributed by atoms with Gasteiger partial charge in [0, 0.05) is 30.7 Å². The van der Waals surface area contributed by atoms with Gasteiger partial charge in [-0.15, -0.1) is 0 Å². The van der Waals surface area contributed by atoms with Gasteiger partial charge in [-0.25, -0.2) is 14.6 Å². The van der Waals surface area contributed by atoms with Crippen LogP contribution in [0.1, 0.15) is 54.5 Å². The minimum atomic E-state index is -1.14. The van der Waals surface area contributed by atoms with Gasteiger partial charge in [0.25, 0.3) is 0 Å². The number of nitrogens with zero attached hydrogens (tertiary/aromatic N) is 2. The molecule has 6 rings (SSSR count). The number of ether oxygens (including phenoxy) is 2. The van der Waals surface area contributed by atoms with Gasteiger partial charge >= 0.3 is 12.1 Å². The number of fused-ring (bicyclic) bond motifs is 1. The number of likely N-dealkylation sites (tertiary alicyclic amines) is 1. The second-order valence-electron chi connectivity index (χ2n) is 12.5. The van der Waals surface area contributed by atoms with Crippen molar-refractivity contribution in [3.8, 4) is 0 Å². The molecule has 3 aliphatic rings. The second kappa shape index (κ2) is 13.5. The van der Waals surface area contributed by atoms with Crippen LogP contribution in [0.4, 0.5) is 10.6 Å². The summed E-state index contributed by atoms with van der Waals surface area (Å²) in [4.78, 5) is 45.5. The fourth-order valence-corrected chi connectivity index (χ4v) is 6.66. The lowest BCUT2D eigenvalue weighted by Gasteiger charge is -2.59. The van der Waals surface area contributed by atoms with Gasteiger partial charge in [0.1, 0.15) is 25.1 Å². The van der Waals surface area contributed by atoms with Gasteiger partial charge in [-0.1, -0.05) is 66.7 Å². The van der Waals surface area contributed by atoms with E-state index in [2.05, 4.69) is 22.8 Å². The van der Waals surface area contributed by atoms with Crippen molar-refractivity contribution in [2.45, 2.75) is 64.2 Å². The van der Waals surface area contributed by atoms with Gasteiger partial charge in [0.15, 0.2) is 0 Å². The lowest BCUT2D eigenvalue weighted by Crippen LogP contribution is -2.64. The smallest absolute Gasteiger partial charge is 0.408 e. The first kappa shape index (κ1) is 29.7. The molecule has 2 amide bonds. The molecule has 2 aliphatic heterocycles. The van der Waals surface area contributed by atoms with E-state index in [4.69, 9.17) is 14.5 Å². The zero-order valence-electron chi connectivity index (χ0n) is 25.0. The summed E-state index contributed by atoms with van der Waals surface area (Å²) in [5.41, 5.74) is 4.28. The van der Waals surface area contributed by atoms with E-state index in [1.807, 2.05) is 60.7 Å². The number of alkyl carbamates (subject to hydrolysis) is 1. The number of nitrogens with one attached hydrogen (secondary N) is 2. The molecule has 1 saturated heterocycles. The van der Waals surface area contributed by atoms with Crippen molar-refractivity contribution in [3.63, 3.8) is 0 Å². The number of hydrogen-bond donors (Lipinski definition) is 2. The van der Waals surface area contributed by atoms with Crippen LogP contribution in [-0.4, -0.2) is 53.5 Å². The van der Waals surface area contributed by atoms with Crippen LogP contribution in [-0.2, 0) is 45.1 Å². The summed E-state index contributed by atoms with van der Waals surface area (Å²) in [6.07, 6.45) is 5.59. The lowest BCUT2D eigenvalue weighted by atomic mass is 9.56. The minimum absolute atomic E-state index is 0.0524. The molecule has 9 nitrogen and oxygen atoms in total. The van der Waals surface area contributed by atoms with Gasteiger partial charge in [0.05, 0.1) is 6.42 Å². The van der Waals surface area contributed by atoms with Crippen molar-refractivity contribution in [1.29, 1.82) is 0 Å². The third kappa shape index (κ3) is 7.38. The van der Waals surface area contributed by atoms with Gasteiger partial charge in [-0.05, 0) is 67.2 Å². The highest BCUT2D eigenvalue weighted by molar-refractivity contribution is 5.88. The number of rotatable bonds is 11. The third-order valence-corrected chi connectivity index (χ3v) is 9.00. The molecule has 3 heterocycles. The monoisotopic (exact) mass is 596 g/mol. The molecule has 2 aromatic carbocycles. The molecule has 1 aromatic heterocycles. The molecule has 0 bridgehead atoms. The quantitative estimate of drug-likeness (QED) is 0.299. The Morgan fingerprint density at radius 2 is 1.61 bits per heavy atom. The van der Waals surface area contributed by atoms with Crippen molar-refractivity contribution >= 4 is 23.8 Å². The predicted molar refractivity (Wildman–Crippen MR) is 166 cm³/mol. The van der Waals surface area contributed by atoms with Crippen molar-refractivity contribution in [2.24, 2.45) is 11.3 Å². The average Bonchev–Trinajstić information content (AvgIpc) is 3.01. The SMILES string of the molecule is O=C(N[C@@H](CC(=O)N1CC2(CC(CCc3ccc4c(n3)NCCC4)C2)C1)C(=O)OCc1ccccc1)OCc1ccccc1. The van der Waals surface area contributed by atoms with E-state index in [0.29, 0.717) is 19.0 Å². The van der Waals surface area contributed by atoms with Gasteiger partial charge in [-0.2, -0.15) is 0 Å². The number of carbonyl (C=O) groups excluding carboxylic acids is 3. The molecular weight excluding hydrogens is 556 g/mol. The van der Waals surface area contributed by atoms with Crippen LogP contribution in [0.2, 0.25) is 0 Å². The Kier molecular flexibility index (Phi) is 9.09. The van der Waals surface area contributed by atoms with Crippen LogP contribution in [0.3, 0.4) is 0 Å². The molecule has 1 saturated carbocycles. The maximum absolute atomic E-state index is 13.2. The normalized spacial score (nSPS) is 17.3. The van der Waals surface area contributed by atoms with Crippen LogP contribution in [0, 0.1) is 11.3 Å². The fraction of sp³-hybridized carbons (Fsp3) is 0.429. The summed E-state index contributed by atoms with van der Waals surface area (Å²) in [6, 6.07) is 21.8. The fourth-order valence-electron chi connectivity index (χ4n) is 6.66. The average molecular weight is 597 g/mol. The molecule has 1 atom stereocenters. The van der Waals surface area contributed by atoms with E-state index in [0.717, 1.165) is 67.7 Å². The highest BCUT2D eigenvalue weighted by atomic mass is 16.6. The Morgan fingerprint density at radius 1 is 0.932 bits per heavy atom. The Morgan fingerprint density at radius 3 is 2.32 bits per heavy atom. The Bertz CT molecular complexity index is 1450. The number of esters is 1. The number of anilines is 1. The highest BCUT2D eigenvalue weighted by Gasteiger charge is 2.53. The molecule has 9 heteroatoms. The van der Waals surface area contributed by atoms with Crippen molar-refractivity contribution in [3.05, 3.63) is 95.2 Å². The molecule has 44 heavy (non-hydrogen) atoms. The number of carbonyl (C=O) groups is 3. The van der Waals surface area contributed by atoms with E-state index in [1.54, 1.807) is 4.90 Å². The number of aryl methyl sites for hydroxylation is 2. The summed E-state index contributed by atoms with van der Waals surface area (Å²) in [7, 11) is 0. The highest BCUT2D eigenvalue weighted by Crippen LogP contribution is 2.53. The van der Waals surface area contributed by atoms with E-state index in [9.17, 15) is 14.4 Å². The zero-order valence-corrected chi connectivity index (χ0v) is 25.0. The minimum Gasteiger partial charge on any atom is -0.459 e. The number of pyridine rings is 1.